The van der Waals surface area contributed by atoms with Crippen LogP contribution in [0.2, 0.25) is 0 Å². The molecular weight excluding hydrogens is 334 g/mol. The molecule has 3 nitrogen and oxygen atoms in total. The van der Waals surface area contributed by atoms with Crippen molar-refractivity contribution in [1.29, 1.82) is 0 Å². The van der Waals surface area contributed by atoms with Gasteiger partial charge in [-0.05, 0) is 23.6 Å². The zero-order valence-electron chi connectivity index (χ0n) is 15.6. The molecule has 0 saturated heterocycles. The largest absolute Gasteiger partial charge is 0.496 e. The van der Waals surface area contributed by atoms with E-state index >= 15 is 0 Å². The predicted octanol–water partition coefficient (Wildman–Crippen LogP) is 4.58. The summed E-state index contributed by atoms with van der Waals surface area (Å²) >= 11 is 0. The number of benzene rings is 3. The molecule has 1 amide bonds. The summed E-state index contributed by atoms with van der Waals surface area (Å²) in [5.74, 6) is 1.03. The highest BCUT2D eigenvalue weighted by Gasteiger charge is 2.14. The highest BCUT2D eigenvalue weighted by Crippen LogP contribution is 2.27. The summed E-state index contributed by atoms with van der Waals surface area (Å²) < 4.78 is 5.32. The molecule has 3 heteroatoms. The van der Waals surface area contributed by atoms with Gasteiger partial charge in [0.1, 0.15) is 5.75 Å². The van der Waals surface area contributed by atoms with Gasteiger partial charge < -0.3 is 10.1 Å². The van der Waals surface area contributed by atoms with Crippen molar-refractivity contribution in [2.75, 3.05) is 13.7 Å². The summed E-state index contributed by atoms with van der Waals surface area (Å²) in [6.45, 7) is 0.627. The number of carbonyl (C=O) groups excluding carboxylic acids is 1. The second kappa shape index (κ2) is 9.58. The van der Waals surface area contributed by atoms with E-state index in [1.807, 2.05) is 36.4 Å². The van der Waals surface area contributed by atoms with Gasteiger partial charge in [-0.25, -0.2) is 0 Å². The molecule has 0 aromatic heterocycles. The number of rotatable bonds is 8. The average Bonchev–Trinajstić information content (AvgIpc) is 2.73. The molecule has 0 radical (unpaired) electrons. The number of ether oxygens (including phenoxy) is 1. The fourth-order valence-electron chi connectivity index (χ4n) is 3.34. The van der Waals surface area contributed by atoms with Crippen LogP contribution in [0.25, 0.3) is 0 Å². The molecule has 27 heavy (non-hydrogen) atoms. The molecular formula is C24H25NO2. The van der Waals surface area contributed by atoms with Crippen molar-refractivity contribution in [2.45, 2.75) is 18.8 Å². The summed E-state index contributed by atoms with van der Waals surface area (Å²) in [7, 11) is 1.63. The number of carbonyl (C=O) groups is 1. The van der Waals surface area contributed by atoms with Gasteiger partial charge in [0.15, 0.2) is 0 Å². The summed E-state index contributed by atoms with van der Waals surface area (Å²) in [6, 6.07) is 28.5. The number of nitrogens with one attached hydrogen (secondary N) is 1. The summed E-state index contributed by atoms with van der Waals surface area (Å²) in [5, 5.41) is 3.06. The van der Waals surface area contributed by atoms with Gasteiger partial charge in [-0.2, -0.15) is 0 Å². The Kier molecular flexibility index (Phi) is 6.64. The summed E-state index contributed by atoms with van der Waals surface area (Å²) in [5.41, 5.74) is 3.44. The van der Waals surface area contributed by atoms with Crippen LogP contribution in [0, 0.1) is 0 Å². The topological polar surface area (TPSA) is 38.3 Å². The molecule has 0 heterocycles. The molecule has 0 unspecified atom stereocenters. The minimum Gasteiger partial charge on any atom is -0.496 e. The Hall–Kier alpha value is -3.07. The summed E-state index contributed by atoms with van der Waals surface area (Å²) in [6.07, 6.45) is 1.18. The van der Waals surface area contributed by atoms with E-state index in [1.54, 1.807) is 7.11 Å². The lowest BCUT2D eigenvalue weighted by Gasteiger charge is -2.18. The second-order valence-electron chi connectivity index (χ2n) is 6.50. The van der Waals surface area contributed by atoms with E-state index in [2.05, 4.69) is 53.8 Å². The summed E-state index contributed by atoms with van der Waals surface area (Å²) in [4.78, 5) is 12.4. The number of hydrogen-bond donors (Lipinski definition) is 1. The third-order valence-electron chi connectivity index (χ3n) is 4.70. The van der Waals surface area contributed by atoms with Gasteiger partial charge in [-0.15, -0.1) is 0 Å². The molecule has 0 aliphatic carbocycles. The zero-order valence-corrected chi connectivity index (χ0v) is 15.6. The standard InChI is InChI=1S/C24H25NO2/c1-27-23-15-9-8-14-21(23)18-24(26)25-17-16-22(19-10-4-2-5-11-19)20-12-6-3-7-13-20/h2-15,22H,16-18H2,1H3,(H,25,26). The highest BCUT2D eigenvalue weighted by atomic mass is 16.5. The Morgan fingerprint density at radius 3 is 2.00 bits per heavy atom. The van der Waals surface area contributed by atoms with Crippen molar-refractivity contribution >= 4 is 5.91 Å². The van der Waals surface area contributed by atoms with Gasteiger partial charge in [0.05, 0.1) is 13.5 Å². The SMILES string of the molecule is COc1ccccc1CC(=O)NCCC(c1ccccc1)c1ccccc1. The van der Waals surface area contributed by atoms with Crippen molar-refractivity contribution in [2.24, 2.45) is 0 Å². The highest BCUT2D eigenvalue weighted by molar-refractivity contribution is 5.79. The Labute approximate surface area is 161 Å². The Morgan fingerprint density at radius 2 is 1.41 bits per heavy atom. The maximum Gasteiger partial charge on any atom is 0.224 e. The number of para-hydroxylation sites is 1. The van der Waals surface area contributed by atoms with E-state index in [4.69, 9.17) is 4.74 Å². The molecule has 0 atom stereocenters. The van der Waals surface area contributed by atoms with Gasteiger partial charge in [-0.1, -0.05) is 78.9 Å². The lowest BCUT2D eigenvalue weighted by Crippen LogP contribution is -2.27. The Balaban J connectivity index is 1.62. The van der Waals surface area contributed by atoms with Crippen LogP contribution in [0.3, 0.4) is 0 Å². The molecule has 3 aromatic carbocycles. The van der Waals surface area contributed by atoms with Crippen LogP contribution in [0.4, 0.5) is 0 Å². The molecule has 3 aromatic rings. The van der Waals surface area contributed by atoms with Crippen LogP contribution in [0.5, 0.6) is 5.75 Å². The lowest BCUT2D eigenvalue weighted by atomic mass is 9.88. The van der Waals surface area contributed by atoms with E-state index in [0.29, 0.717) is 13.0 Å². The predicted molar refractivity (Wildman–Crippen MR) is 109 cm³/mol. The molecule has 0 saturated carbocycles. The van der Waals surface area contributed by atoms with Crippen molar-refractivity contribution in [1.82, 2.24) is 5.32 Å². The molecule has 1 N–H and O–H groups in total. The third-order valence-corrected chi connectivity index (χ3v) is 4.70. The lowest BCUT2D eigenvalue weighted by molar-refractivity contribution is -0.120. The van der Waals surface area contributed by atoms with E-state index in [1.165, 1.54) is 11.1 Å². The zero-order chi connectivity index (χ0) is 18.9. The molecule has 3 rings (SSSR count). The van der Waals surface area contributed by atoms with Crippen molar-refractivity contribution in [3.8, 4) is 5.75 Å². The number of hydrogen-bond acceptors (Lipinski definition) is 2. The fourth-order valence-corrected chi connectivity index (χ4v) is 3.34. The van der Waals surface area contributed by atoms with Gasteiger partial charge in [0.2, 0.25) is 5.91 Å². The van der Waals surface area contributed by atoms with Crippen molar-refractivity contribution in [3.63, 3.8) is 0 Å². The van der Waals surface area contributed by atoms with Crippen LogP contribution in [-0.4, -0.2) is 19.6 Å². The number of methoxy groups -OCH3 is 1. The van der Waals surface area contributed by atoms with E-state index < -0.39 is 0 Å². The van der Waals surface area contributed by atoms with E-state index in [-0.39, 0.29) is 11.8 Å². The van der Waals surface area contributed by atoms with Crippen LogP contribution >= 0.6 is 0 Å². The molecule has 0 spiro atoms. The maximum absolute atomic E-state index is 12.4. The van der Waals surface area contributed by atoms with Crippen LogP contribution in [0.15, 0.2) is 84.9 Å². The van der Waals surface area contributed by atoms with E-state index in [0.717, 1.165) is 17.7 Å². The first-order valence-electron chi connectivity index (χ1n) is 9.26. The molecule has 0 aliphatic heterocycles. The van der Waals surface area contributed by atoms with Crippen LogP contribution in [0.1, 0.15) is 29.0 Å². The normalized spacial score (nSPS) is 10.6. The first-order valence-corrected chi connectivity index (χ1v) is 9.26. The van der Waals surface area contributed by atoms with Crippen LogP contribution < -0.4 is 10.1 Å². The first kappa shape index (κ1) is 18.7. The quantitative estimate of drug-likeness (QED) is 0.639. The van der Waals surface area contributed by atoms with Crippen LogP contribution in [-0.2, 0) is 11.2 Å². The van der Waals surface area contributed by atoms with Gasteiger partial charge >= 0.3 is 0 Å². The Bertz CT molecular complexity index is 807. The van der Waals surface area contributed by atoms with Gasteiger partial charge in [0, 0.05) is 18.0 Å². The minimum absolute atomic E-state index is 0.0133. The second-order valence-corrected chi connectivity index (χ2v) is 6.50. The number of amides is 1. The Morgan fingerprint density at radius 1 is 0.852 bits per heavy atom. The molecule has 0 aliphatic rings. The first-order chi connectivity index (χ1) is 13.3. The monoisotopic (exact) mass is 359 g/mol. The minimum atomic E-state index is 0.0133. The maximum atomic E-state index is 12.4. The van der Waals surface area contributed by atoms with Gasteiger partial charge in [-0.3, -0.25) is 4.79 Å². The smallest absolute Gasteiger partial charge is 0.224 e. The average molecular weight is 359 g/mol. The molecule has 0 fully saturated rings. The van der Waals surface area contributed by atoms with Crippen molar-refractivity contribution < 1.29 is 9.53 Å². The van der Waals surface area contributed by atoms with E-state index in [9.17, 15) is 4.79 Å². The third kappa shape index (κ3) is 5.20. The molecule has 138 valence electrons. The van der Waals surface area contributed by atoms with Gasteiger partial charge in [0.25, 0.3) is 0 Å². The fraction of sp³-hybridized carbons (Fsp3) is 0.208. The van der Waals surface area contributed by atoms with Crippen molar-refractivity contribution in [3.05, 3.63) is 102 Å². The molecule has 0 bridgehead atoms.